The lowest BCUT2D eigenvalue weighted by Gasteiger charge is -2.29. The van der Waals surface area contributed by atoms with Crippen molar-refractivity contribution in [3.8, 4) is 11.8 Å². The van der Waals surface area contributed by atoms with Crippen LogP contribution in [0.5, 0.6) is 0 Å². The zero-order valence-electron chi connectivity index (χ0n) is 19.9. The third-order valence-corrected chi connectivity index (χ3v) is 7.00. The molecule has 3 aromatic rings. The number of fused-ring (bicyclic) bond motifs is 1. The molecule has 1 unspecified atom stereocenters. The van der Waals surface area contributed by atoms with Crippen molar-refractivity contribution in [1.29, 1.82) is 0 Å². The highest BCUT2D eigenvalue weighted by Crippen LogP contribution is 2.52. The Balaban J connectivity index is 1.43. The number of rotatable bonds is 6. The van der Waals surface area contributed by atoms with E-state index in [9.17, 15) is 14.4 Å². The fraction of sp³-hybridized carbons (Fsp3) is 0.250. The summed E-state index contributed by atoms with van der Waals surface area (Å²) in [7, 11) is 0. The largest absolute Gasteiger partial charge is 0.370 e. The molecule has 2 aromatic carbocycles. The maximum Gasteiger partial charge on any atom is 0.248 e. The summed E-state index contributed by atoms with van der Waals surface area (Å²) in [6.45, 7) is 0.315. The van der Waals surface area contributed by atoms with Crippen LogP contribution in [0.1, 0.15) is 47.7 Å². The quantitative estimate of drug-likeness (QED) is 0.491. The first-order valence-electron chi connectivity index (χ1n) is 11.9. The summed E-state index contributed by atoms with van der Waals surface area (Å²) in [6.07, 6.45) is 4.12. The first-order valence-corrected chi connectivity index (χ1v) is 12.3. The number of primary amides is 1. The van der Waals surface area contributed by atoms with Gasteiger partial charge in [0, 0.05) is 17.8 Å². The fourth-order valence-electron chi connectivity index (χ4n) is 4.77. The molecule has 1 aliphatic heterocycles. The first-order chi connectivity index (χ1) is 17.9. The lowest BCUT2D eigenvalue weighted by atomic mass is 9.93. The number of nitrogens with two attached hydrogens (primary N) is 1. The third-order valence-electron chi connectivity index (χ3n) is 6.75. The number of aromatic nitrogens is 2. The zero-order chi connectivity index (χ0) is 26.0. The molecule has 9 heteroatoms. The fourth-order valence-corrected chi connectivity index (χ4v) is 4.90. The van der Waals surface area contributed by atoms with Crippen molar-refractivity contribution in [1.82, 2.24) is 20.2 Å². The summed E-state index contributed by atoms with van der Waals surface area (Å²) >= 11 is 6.06. The van der Waals surface area contributed by atoms with E-state index in [0.29, 0.717) is 30.1 Å². The minimum Gasteiger partial charge on any atom is -0.370 e. The minimum atomic E-state index is -0.857. The van der Waals surface area contributed by atoms with E-state index in [0.717, 1.165) is 16.7 Å². The highest BCUT2D eigenvalue weighted by molar-refractivity contribution is 6.30. The first kappa shape index (κ1) is 24.5. The molecule has 0 spiro atoms. The van der Waals surface area contributed by atoms with Gasteiger partial charge in [0.1, 0.15) is 18.1 Å². The van der Waals surface area contributed by atoms with Gasteiger partial charge in [0.2, 0.25) is 17.7 Å². The zero-order valence-corrected chi connectivity index (χ0v) is 20.6. The molecule has 3 amide bonds. The lowest BCUT2D eigenvalue weighted by molar-refractivity contribution is -0.142. The summed E-state index contributed by atoms with van der Waals surface area (Å²) in [6, 6.07) is 14.7. The molecule has 37 heavy (non-hydrogen) atoms. The molecule has 2 aliphatic rings. The van der Waals surface area contributed by atoms with Crippen molar-refractivity contribution in [2.75, 3.05) is 0 Å². The minimum absolute atomic E-state index is 0.107. The van der Waals surface area contributed by atoms with E-state index >= 15 is 0 Å². The molecule has 8 nitrogen and oxygen atoms in total. The summed E-state index contributed by atoms with van der Waals surface area (Å²) < 4.78 is 0. The second kappa shape index (κ2) is 10.0. The van der Waals surface area contributed by atoms with Gasteiger partial charge in [-0.15, -0.1) is 0 Å². The topological polar surface area (TPSA) is 118 Å². The molecular weight excluding hydrogens is 490 g/mol. The van der Waals surface area contributed by atoms with Crippen molar-refractivity contribution < 1.29 is 14.4 Å². The van der Waals surface area contributed by atoms with Gasteiger partial charge in [0.05, 0.1) is 17.9 Å². The molecule has 186 valence electrons. The molecule has 2 heterocycles. The predicted octanol–water partition coefficient (Wildman–Crippen LogP) is 2.66. The summed E-state index contributed by atoms with van der Waals surface area (Å²) in [5, 5.41) is 3.44. The Kier molecular flexibility index (Phi) is 6.64. The molecule has 1 aromatic heterocycles. The predicted molar refractivity (Wildman–Crippen MR) is 137 cm³/mol. The Bertz CT molecular complexity index is 1410. The SMILES string of the molecule is NC(=O)CC(C#Cc1ccncn1)NC(=O)[C@@H]1c2ccccc2CN1C(=O)C1(c2ccc(Cl)cc2)CC1. The Morgan fingerprint density at radius 2 is 1.89 bits per heavy atom. The maximum atomic E-state index is 14.0. The number of nitrogens with one attached hydrogen (secondary N) is 1. The Morgan fingerprint density at radius 1 is 1.14 bits per heavy atom. The number of halogens is 1. The average Bonchev–Trinajstić information content (AvgIpc) is 3.61. The molecule has 1 saturated carbocycles. The Hall–Kier alpha value is -4.22. The monoisotopic (exact) mass is 513 g/mol. The van der Waals surface area contributed by atoms with Gasteiger partial charge < -0.3 is 16.0 Å². The summed E-state index contributed by atoms with van der Waals surface area (Å²) in [4.78, 5) is 48.9. The van der Waals surface area contributed by atoms with Crippen LogP contribution in [-0.4, -0.2) is 38.6 Å². The van der Waals surface area contributed by atoms with E-state index in [1.165, 1.54) is 6.33 Å². The van der Waals surface area contributed by atoms with Crippen LogP contribution in [0, 0.1) is 11.8 Å². The van der Waals surface area contributed by atoms with E-state index in [1.807, 2.05) is 36.4 Å². The van der Waals surface area contributed by atoms with Crippen LogP contribution in [0.25, 0.3) is 0 Å². The number of amides is 3. The van der Waals surface area contributed by atoms with Crippen LogP contribution < -0.4 is 11.1 Å². The van der Waals surface area contributed by atoms with Gasteiger partial charge in [0.25, 0.3) is 0 Å². The molecule has 0 radical (unpaired) electrons. The maximum absolute atomic E-state index is 14.0. The van der Waals surface area contributed by atoms with Crippen molar-refractivity contribution in [3.63, 3.8) is 0 Å². The molecular formula is C28H24ClN5O3. The normalized spacial score (nSPS) is 17.6. The van der Waals surface area contributed by atoms with Crippen LogP contribution >= 0.6 is 11.6 Å². The van der Waals surface area contributed by atoms with E-state index in [4.69, 9.17) is 17.3 Å². The van der Waals surface area contributed by atoms with Gasteiger partial charge in [-0.1, -0.05) is 53.9 Å². The van der Waals surface area contributed by atoms with Crippen molar-refractivity contribution >= 4 is 29.3 Å². The Labute approximate surface area is 219 Å². The van der Waals surface area contributed by atoms with Gasteiger partial charge in [-0.05, 0) is 53.7 Å². The average molecular weight is 514 g/mol. The summed E-state index contributed by atoms with van der Waals surface area (Å²) in [5.74, 6) is 4.58. The van der Waals surface area contributed by atoms with Gasteiger partial charge in [-0.2, -0.15) is 0 Å². The second-order valence-electron chi connectivity index (χ2n) is 9.22. The number of carbonyl (C=O) groups is 3. The van der Waals surface area contributed by atoms with Gasteiger partial charge in [-0.3, -0.25) is 14.4 Å². The van der Waals surface area contributed by atoms with E-state index in [2.05, 4.69) is 27.1 Å². The number of nitrogens with zero attached hydrogens (tertiary/aromatic N) is 3. The number of hydrogen-bond acceptors (Lipinski definition) is 5. The van der Waals surface area contributed by atoms with Crippen LogP contribution in [-0.2, 0) is 26.3 Å². The lowest BCUT2D eigenvalue weighted by Crippen LogP contribution is -2.47. The molecule has 0 saturated heterocycles. The van der Waals surface area contributed by atoms with Crippen LogP contribution in [0.15, 0.2) is 67.1 Å². The van der Waals surface area contributed by atoms with Crippen LogP contribution in [0.3, 0.4) is 0 Å². The number of carbonyl (C=O) groups excluding carboxylic acids is 3. The number of hydrogen-bond donors (Lipinski definition) is 2. The molecule has 2 atom stereocenters. The van der Waals surface area contributed by atoms with Gasteiger partial charge in [0.15, 0.2) is 0 Å². The van der Waals surface area contributed by atoms with Gasteiger partial charge >= 0.3 is 0 Å². The van der Waals surface area contributed by atoms with E-state index < -0.39 is 29.3 Å². The summed E-state index contributed by atoms with van der Waals surface area (Å²) in [5.41, 5.74) is 7.74. The van der Waals surface area contributed by atoms with Crippen molar-refractivity contribution in [3.05, 3.63) is 94.5 Å². The van der Waals surface area contributed by atoms with Crippen LogP contribution in [0.4, 0.5) is 0 Å². The second-order valence-corrected chi connectivity index (χ2v) is 9.66. The highest BCUT2D eigenvalue weighted by atomic mass is 35.5. The van der Waals surface area contributed by atoms with E-state index in [1.54, 1.807) is 29.3 Å². The smallest absolute Gasteiger partial charge is 0.248 e. The molecule has 3 N–H and O–H groups in total. The van der Waals surface area contributed by atoms with Gasteiger partial charge in [-0.25, -0.2) is 9.97 Å². The molecule has 5 rings (SSSR count). The van der Waals surface area contributed by atoms with Crippen molar-refractivity contribution in [2.24, 2.45) is 5.73 Å². The molecule has 1 fully saturated rings. The number of benzene rings is 2. The molecule has 0 bridgehead atoms. The molecule has 1 aliphatic carbocycles. The highest BCUT2D eigenvalue weighted by Gasteiger charge is 2.55. The third kappa shape index (κ3) is 5.04. The Morgan fingerprint density at radius 3 is 2.57 bits per heavy atom. The van der Waals surface area contributed by atoms with E-state index in [-0.39, 0.29) is 12.3 Å². The standard InChI is InChI=1S/C28H24ClN5O3/c29-20-7-5-19(6-8-20)28(12-13-28)27(37)34-16-18-3-1-2-4-23(18)25(34)26(36)33-22(15-24(30)35)10-9-21-11-14-31-17-32-21/h1-8,11,14,17,22,25H,12-13,15-16H2,(H2,30,35)(H,33,36)/t22?,25-/m0/s1. The van der Waals surface area contributed by atoms with Crippen molar-refractivity contribution in [2.45, 2.75) is 43.3 Å². The van der Waals surface area contributed by atoms with Crippen LogP contribution in [0.2, 0.25) is 5.02 Å².